The fourth-order valence-corrected chi connectivity index (χ4v) is 2.68. The van der Waals surface area contributed by atoms with E-state index >= 15 is 0 Å². The Morgan fingerprint density at radius 3 is 2.83 bits per heavy atom. The van der Waals surface area contributed by atoms with E-state index in [4.69, 9.17) is 4.74 Å². The molecular weight excluding hydrogens is 315 g/mol. The Labute approximate surface area is 137 Å². The number of halogens is 1. The molecule has 24 heavy (non-hydrogen) atoms. The maximum atomic E-state index is 13.8. The van der Waals surface area contributed by atoms with Crippen LogP contribution in [-0.2, 0) is 27.4 Å². The summed E-state index contributed by atoms with van der Waals surface area (Å²) < 4.78 is 19.0. The number of likely N-dealkylation sites (tertiary alicyclic amines) is 1. The molecule has 0 unspecified atom stereocenters. The summed E-state index contributed by atoms with van der Waals surface area (Å²) in [5.41, 5.74) is 1.28. The number of amides is 1. The van der Waals surface area contributed by atoms with Crippen LogP contribution >= 0.6 is 0 Å². The van der Waals surface area contributed by atoms with Gasteiger partial charge in [0.05, 0.1) is 24.9 Å². The van der Waals surface area contributed by atoms with E-state index in [1.807, 2.05) is 30.3 Å². The Morgan fingerprint density at radius 2 is 2.12 bits per heavy atom. The molecule has 1 saturated heterocycles. The molecule has 1 aromatic heterocycles. The van der Waals surface area contributed by atoms with Gasteiger partial charge in [0.15, 0.2) is 0 Å². The van der Waals surface area contributed by atoms with E-state index in [0.717, 1.165) is 5.56 Å². The molecule has 2 heterocycles. The summed E-state index contributed by atoms with van der Waals surface area (Å²) >= 11 is 0. The van der Waals surface area contributed by atoms with Gasteiger partial charge < -0.3 is 9.64 Å². The maximum Gasteiger partial charge on any atom is 0.329 e. The van der Waals surface area contributed by atoms with Gasteiger partial charge in [0.25, 0.3) is 0 Å². The molecule has 8 heteroatoms. The lowest BCUT2D eigenvalue weighted by atomic mass is 10.2. The number of alkyl halides is 1. The molecule has 0 bridgehead atoms. The van der Waals surface area contributed by atoms with Crippen molar-refractivity contribution in [3.63, 3.8) is 0 Å². The molecule has 1 aliphatic heterocycles. The van der Waals surface area contributed by atoms with Gasteiger partial charge in [-0.25, -0.2) is 9.18 Å². The van der Waals surface area contributed by atoms with Gasteiger partial charge in [0.1, 0.15) is 18.8 Å². The molecule has 2 aromatic rings. The minimum absolute atomic E-state index is 0.0360. The third kappa shape index (κ3) is 3.76. The maximum absolute atomic E-state index is 13.8. The first-order chi connectivity index (χ1) is 11.6. The second-order valence-electron chi connectivity index (χ2n) is 5.63. The Bertz CT molecular complexity index is 693. The number of aromatic nitrogens is 3. The number of hydrogen-bond donors (Lipinski definition) is 1. The first-order valence-electron chi connectivity index (χ1n) is 7.62. The number of rotatable bonds is 5. The van der Waals surface area contributed by atoms with Crippen LogP contribution in [0.2, 0.25) is 0 Å². The summed E-state index contributed by atoms with van der Waals surface area (Å²) in [6.45, 7) is -0.0137. The van der Waals surface area contributed by atoms with E-state index in [9.17, 15) is 14.0 Å². The minimum atomic E-state index is -1.24. The number of carbonyl (C=O) groups excluding carboxylic acids is 2. The summed E-state index contributed by atoms with van der Waals surface area (Å²) in [5, 5.41) is 9.83. The molecule has 3 rings (SSSR count). The molecule has 1 fully saturated rings. The lowest BCUT2D eigenvalue weighted by Crippen LogP contribution is -2.42. The SMILES string of the molecule is O=C(OCc1ccccc1)[C@@H]1C[C@@H](F)CN1C(=O)Cc1cn[nH]n1. The number of nitrogens with zero attached hydrogens (tertiary/aromatic N) is 3. The smallest absolute Gasteiger partial charge is 0.329 e. The highest BCUT2D eigenvalue weighted by Gasteiger charge is 2.40. The average molecular weight is 332 g/mol. The van der Waals surface area contributed by atoms with Crippen molar-refractivity contribution in [1.82, 2.24) is 20.3 Å². The average Bonchev–Trinajstić information content (AvgIpc) is 3.23. The van der Waals surface area contributed by atoms with Crippen molar-refractivity contribution in [2.75, 3.05) is 6.54 Å². The molecule has 0 aliphatic carbocycles. The normalized spacial score (nSPS) is 20.1. The number of esters is 1. The molecule has 1 amide bonds. The predicted octanol–water partition coefficient (Wildman–Crippen LogP) is 1.03. The molecule has 0 spiro atoms. The molecule has 2 atom stereocenters. The van der Waals surface area contributed by atoms with Crippen molar-refractivity contribution >= 4 is 11.9 Å². The van der Waals surface area contributed by atoms with Crippen LogP contribution in [0.15, 0.2) is 36.5 Å². The number of benzene rings is 1. The molecule has 0 saturated carbocycles. The molecule has 126 valence electrons. The summed E-state index contributed by atoms with van der Waals surface area (Å²) in [6.07, 6.45) is 0.105. The highest BCUT2D eigenvalue weighted by Crippen LogP contribution is 2.23. The van der Waals surface area contributed by atoms with Gasteiger partial charge in [0, 0.05) is 6.42 Å². The van der Waals surface area contributed by atoms with Crippen LogP contribution in [0.1, 0.15) is 17.7 Å². The van der Waals surface area contributed by atoms with Gasteiger partial charge in [-0.05, 0) is 5.56 Å². The number of hydrogen-bond acceptors (Lipinski definition) is 5. The number of H-pyrrole nitrogens is 1. The summed E-state index contributed by atoms with van der Waals surface area (Å²) in [5.74, 6) is -0.960. The summed E-state index contributed by atoms with van der Waals surface area (Å²) in [7, 11) is 0. The highest BCUT2D eigenvalue weighted by molar-refractivity contribution is 5.86. The highest BCUT2D eigenvalue weighted by atomic mass is 19.1. The van der Waals surface area contributed by atoms with Crippen LogP contribution < -0.4 is 0 Å². The zero-order valence-corrected chi connectivity index (χ0v) is 12.9. The number of aromatic amines is 1. The van der Waals surface area contributed by atoms with Gasteiger partial charge in [0.2, 0.25) is 5.91 Å². The van der Waals surface area contributed by atoms with Crippen molar-refractivity contribution in [3.05, 3.63) is 47.8 Å². The van der Waals surface area contributed by atoms with Crippen LogP contribution in [-0.4, -0.2) is 50.9 Å². The van der Waals surface area contributed by atoms with Gasteiger partial charge in [-0.2, -0.15) is 15.4 Å². The van der Waals surface area contributed by atoms with E-state index in [2.05, 4.69) is 15.4 Å². The second-order valence-corrected chi connectivity index (χ2v) is 5.63. The van der Waals surface area contributed by atoms with E-state index in [0.29, 0.717) is 5.69 Å². The van der Waals surface area contributed by atoms with Crippen molar-refractivity contribution in [1.29, 1.82) is 0 Å². The quantitative estimate of drug-likeness (QED) is 0.826. The third-order valence-electron chi connectivity index (χ3n) is 3.86. The van der Waals surface area contributed by atoms with E-state index in [-0.39, 0.29) is 31.9 Å². The summed E-state index contributed by atoms with van der Waals surface area (Å²) in [4.78, 5) is 25.8. The largest absolute Gasteiger partial charge is 0.459 e. The fourth-order valence-electron chi connectivity index (χ4n) is 2.68. The molecule has 1 aromatic carbocycles. The van der Waals surface area contributed by atoms with Gasteiger partial charge in [-0.15, -0.1) is 0 Å². The molecule has 1 aliphatic rings. The molecule has 7 nitrogen and oxygen atoms in total. The zero-order valence-electron chi connectivity index (χ0n) is 12.9. The van der Waals surface area contributed by atoms with Crippen LogP contribution in [0.4, 0.5) is 4.39 Å². The molecule has 0 radical (unpaired) electrons. The zero-order chi connectivity index (χ0) is 16.9. The standard InChI is InChI=1S/C16H17FN4O3/c17-12-6-14(16(23)24-10-11-4-2-1-3-5-11)21(9-12)15(22)7-13-8-18-20-19-13/h1-5,8,12,14H,6-7,9-10H2,(H,18,19,20)/t12-,14+/m1/s1. The lowest BCUT2D eigenvalue weighted by Gasteiger charge is -2.22. The minimum Gasteiger partial charge on any atom is -0.459 e. The topological polar surface area (TPSA) is 88.2 Å². The number of carbonyl (C=O) groups is 2. The van der Waals surface area contributed by atoms with Crippen molar-refractivity contribution < 1.29 is 18.7 Å². The van der Waals surface area contributed by atoms with Crippen LogP contribution in [0.25, 0.3) is 0 Å². The van der Waals surface area contributed by atoms with Crippen molar-refractivity contribution in [2.45, 2.75) is 31.7 Å². The Morgan fingerprint density at radius 1 is 1.33 bits per heavy atom. The van der Waals surface area contributed by atoms with E-state index < -0.39 is 18.2 Å². The van der Waals surface area contributed by atoms with Gasteiger partial charge in [-0.3, -0.25) is 4.79 Å². The number of nitrogens with one attached hydrogen (secondary N) is 1. The third-order valence-corrected chi connectivity index (χ3v) is 3.86. The van der Waals surface area contributed by atoms with Gasteiger partial charge in [-0.1, -0.05) is 30.3 Å². The van der Waals surface area contributed by atoms with Crippen LogP contribution in [0, 0.1) is 0 Å². The number of ether oxygens (including phenoxy) is 1. The second kappa shape index (κ2) is 7.20. The van der Waals surface area contributed by atoms with Crippen molar-refractivity contribution in [2.24, 2.45) is 0 Å². The fraction of sp³-hybridized carbons (Fsp3) is 0.375. The Balaban J connectivity index is 1.61. The molecular formula is C16H17FN4O3. The van der Waals surface area contributed by atoms with Crippen LogP contribution in [0.3, 0.4) is 0 Å². The van der Waals surface area contributed by atoms with Gasteiger partial charge >= 0.3 is 5.97 Å². The Kier molecular flexibility index (Phi) is 4.83. The van der Waals surface area contributed by atoms with E-state index in [1.54, 1.807) is 0 Å². The van der Waals surface area contributed by atoms with E-state index in [1.165, 1.54) is 11.1 Å². The van der Waals surface area contributed by atoms with Crippen LogP contribution in [0.5, 0.6) is 0 Å². The molecule has 1 N–H and O–H groups in total. The first-order valence-corrected chi connectivity index (χ1v) is 7.62. The predicted molar refractivity (Wildman–Crippen MR) is 81.3 cm³/mol. The van der Waals surface area contributed by atoms with Crippen molar-refractivity contribution in [3.8, 4) is 0 Å². The lowest BCUT2D eigenvalue weighted by molar-refractivity contribution is -0.154. The summed E-state index contributed by atoms with van der Waals surface area (Å²) in [6, 6.07) is 8.29. The first kappa shape index (κ1) is 16.1. The monoisotopic (exact) mass is 332 g/mol. The Hall–Kier alpha value is -2.77.